The number of hydrogen-bond donors (Lipinski definition) is 1. The molecule has 9 heteroatoms. The van der Waals surface area contributed by atoms with E-state index in [1.165, 1.54) is 35.6 Å². The fourth-order valence-electron chi connectivity index (χ4n) is 2.14. The van der Waals surface area contributed by atoms with Crippen molar-refractivity contribution in [3.8, 4) is 5.75 Å². The monoisotopic (exact) mass is 358 g/mol. The number of para-hydroxylation sites is 1. The van der Waals surface area contributed by atoms with Gasteiger partial charge in [0.05, 0.1) is 15.1 Å². The Bertz CT molecular complexity index is 991. The van der Waals surface area contributed by atoms with Crippen LogP contribution in [-0.4, -0.2) is 22.0 Å². The number of nitrogens with one attached hydrogen (secondary N) is 1. The van der Waals surface area contributed by atoms with Crippen molar-refractivity contribution in [3.05, 3.63) is 63.4 Å². The molecule has 128 valence electrons. The van der Waals surface area contributed by atoms with Crippen LogP contribution in [0.1, 0.15) is 0 Å². The number of carbonyl (C=O) groups excluding carboxylic acids is 1. The fraction of sp³-hybridized carbons (Fsp3) is 0.125. The van der Waals surface area contributed by atoms with Gasteiger partial charge in [0.15, 0.2) is 6.61 Å². The minimum absolute atomic E-state index is 0.0379. The summed E-state index contributed by atoms with van der Waals surface area (Å²) in [7, 11) is 1.87. The number of carbonyl (C=O) groups is 1. The molecule has 0 radical (unpaired) electrons. The second-order valence-electron chi connectivity index (χ2n) is 5.10. The Morgan fingerprint density at radius 2 is 2.00 bits per heavy atom. The lowest BCUT2D eigenvalue weighted by Gasteiger charge is -2.04. The number of aryl methyl sites for hydroxylation is 1. The third kappa shape index (κ3) is 3.83. The van der Waals surface area contributed by atoms with Crippen LogP contribution in [-0.2, 0) is 11.8 Å². The molecular formula is C16H14N4O4S. The largest absolute Gasteiger partial charge is 0.484 e. The van der Waals surface area contributed by atoms with Crippen molar-refractivity contribution in [1.29, 1.82) is 0 Å². The molecule has 3 aromatic rings. The van der Waals surface area contributed by atoms with Gasteiger partial charge in [-0.1, -0.05) is 23.5 Å². The van der Waals surface area contributed by atoms with Crippen LogP contribution in [0.2, 0.25) is 0 Å². The van der Waals surface area contributed by atoms with E-state index in [2.05, 4.69) is 10.5 Å². The van der Waals surface area contributed by atoms with Gasteiger partial charge >= 0.3 is 0 Å². The number of nitro groups is 1. The molecular weight excluding hydrogens is 344 g/mol. The first-order valence-corrected chi connectivity index (χ1v) is 8.10. The van der Waals surface area contributed by atoms with Gasteiger partial charge in [0.1, 0.15) is 5.75 Å². The maximum atomic E-state index is 11.8. The molecule has 0 aliphatic rings. The number of nitrogens with zero attached hydrogens (tertiary/aromatic N) is 3. The van der Waals surface area contributed by atoms with E-state index < -0.39 is 10.8 Å². The van der Waals surface area contributed by atoms with E-state index in [-0.39, 0.29) is 12.3 Å². The molecule has 0 aliphatic carbocycles. The first-order valence-electron chi connectivity index (χ1n) is 7.29. The number of hydrogen-bond acceptors (Lipinski definition) is 6. The summed E-state index contributed by atoms with van der Waals surface area (Å²) in [6, 6.07) is 13.4. The average molecular weight is 358 g/mol. The quantitative estimate of drug-likeness (QED) is 0.558. The average Bonchev–Trinajstić information content (AvgIpc) is 2.95. The Morgan fingerprint density at radius 1 is 1.28 bits per heavy atom. The fourth-order valence-corrected chi connectivity index (χ4v) is 3.12. The maximum absolute atomic E-state index is 11.8. The van der Waals surface area contributed by atoms with Gasteiger partial charge in [0.25, 0.3) is 11.6 Å². The van der Waals surface area contributed by atoms with Crippen LogP contribution in [0.15, 0.2) is 53.6 Å². The molecule has 0 bridgehead atoms. The first kappa shape index (κ1) is 16.7. The molecule has 3 rings (SSSR count). The number of aromatic nitrogens is 1. The van der Waals surface area contributed by atoms with Gasteiger partial charge in [-0.2, -0.15) is 0 Å². The number of non-ortho nitro benzene ring substituents is 1. The lowest BCUT2D eigenvalue weighted by Crippen LogP contribution is -2.27. The minimum atomic E-state index is -0.500. The van der Waals surface area contributed by atoms with Gasteiger partial charge < -0.3 is 9.30 Å². The van der Waals surface area contributed by atoms with Crippen molar-refractivity contribution in [2.24, 2.45) is 12.1 Å². The predicted octanol–water partition coefficient (Wildman–Crippen LogP) is 2.16. The highest BCUT2D eigenvalue weighted by atomic mass is 32.1. The van der Waals surface area contributed by atoms with E-state index in [1.807, 2.05) is 35.9 Å². The molecule has 0 unspecified atom stereocenters. The molecule has 1 N–H and O–H groups in total. The highest BCUT2D eigenvalue weighted by molar-refractivity contribution is 7.16. The van der Waals surface area contributed by atoms with E-state index in [9.17, 15) is 14.9 Å². The summed E-state index contributed by atoms with van der Waals surface area (Å²) in [5.74, 6) is -0.0519. The molecule has 0 fully saturated rings. The van der Waals surface area contributed by atoms with Gasteiger partial charge in [-0.3, -0.25) is 14.9 Å². The van der Waals surface area contributed by atoms with Gasteiger partial charge in [0, 0.05) is 19.2 Å². The Hall–Kier alpha value is -3.20. The highest BCUT2D eigenvalue weighted by Gasteiger charge is 2.07. The zero-order valence-corrected chi connectivity index (χ0v) is 14.0. The summed E-state index contributed by atoms with van der Waals surface area (Å²) < 4.78 is 8.24. The zero-order chi connectivity index (χ0) is 17.8. The summed E-state index contributed by atoms with van der Waals surface area (Å²) in [6.45, 7) is -0.240. The SMILES string of the molecule is Cn1/c(=N/NC(=O)COc2ccc([N+](=O)[O-])cc2)sc2ccccc21. The summed E-state index contributed by atoms with van der Waals surface area (Å²) in [6.07, 6.45) is 0. The number of nitro benzene ring substituents is 1. The minimum Gasteiger partial charge on any atom is -0.484 e. The molecule has 1 heterocycles. The standard InChI is InChI=1S/C16H14N4O4S/c1-19-13-4-2-3-5-14(13)25-16(19)18-17-15(21)10-24-12-8-6-11(7-9-12)20(22)23/h2-9H,10H2,1H3,(H,17,21)/b18-16-. The predicted molar refractivity (Wildman–Crippen MR) is 93.1 cm³/mol. The Labute approximate surface area is 146 Å². The molecule has 0 saturated heterocycles. The maximum Gasteiger partial charge on any atom is 0.278 e. The lowest BCUT2D eigenvalue weighted by molar-refractivity contribution is -0.384. The van der Waals surface area contributed by atoms with E-state index in [1.54, 1.807) is 0 Å². The van der Waals surface area contributed by atoms with Gasteiger partial charge in [-0.15, -0.1) is 5.10 Å². The second-order valence-corrected chi connectivity index (χ2v) is 6.11. The van der Waals surface area contributed by atoms with E-state index >= 15 is 0 Å². The smallest absolute Gasteiger partial charge is 0.278 e. The second kappa shape index (κ2) is 7.14. The van der Waals surface area contributed by atoms with Gasteiger partial charge in [-0.25, -0.2) is 5.43 Å². The Balaban J connectivity index is 1.62. The Kier molecular flexibility index (Phi) is 4.75. The van der Waals surface area contributed by atoms with Crippen LogP contribution in [0.3, 0.4) is 0 Å². The van der Waals surface area contributed by atoms with Crippen LogP contribution in [0.25, 0.3) is 10.2 Å². The number of benzene rings is 2. The molecule has 1 amide bonds. The first-order chi connectivity index (χ1) is 12.0. The van der Waals surface area contributed by atoms with Crippen LogP contribution < -0.4 is 15.0 Å². The lowest BCUT2D eigenvalue weighted by atomic mass is 10.3. The van der Waals surface area contributed by atoms with Gasteiger partial charge in [-0.05, 0) is 24.3 Å². The number of thiazole rings is 1. The van der Waals surface area contributed by atoms with Crippen LogP contribution >= 0.6 is 11.3 Å². The van der Waals surface area contributed by atoms with Crippen molar-refractivity contribution in [2.45, 2.75) is 0 Å². The third-order valence-corrected chi connectivity index (χ3v) is 4.52. The van der Waals surface area contributed by atoms with E-state index in [0.29, 0.717) is 10.6 Å². The summed E-state index contributed by atoms with van der Waals surface area (Å²) in [5.41, 5.74) is 3.44. The molecule has 0 atom stereocenters. The molecule has 0 saturated carbocycles. The van der Waals surface area contributed by atoms with Crippen molar-refractivity contribution < 1.29 is 14.5 Å². The normalized spacial score (nSPS) is 11.5. The van der Waals surface area contributed by atoms with Crippen LogP contribution in [0, 0.1) is 10.1 Å². The molecule has 2 aromatic carbocycles. The number of amides is 1. The summed E-state index contributed by atoms with van der Waals surface area (Å²) >= 11 is 1.46. The van der Waals surface area contributed by atoms with E-state index in [0.717, 1.165) is 10.2 Å². The summed E-state index contributed by atoms with van der Waals surface area (Å²) in [5, 5.41) is 14.7. The van der Waals surface area contributed by atoms with Crippen LogP contribution in [0.4, 0.5) is 5.69 Å². The number of rotatable bonds is 5. The topological polar surface area (TPSA) is 98.8 Å². The third-order valence-electron chi connectivity index (χ3n) is 3.41. The molecule has 8 nitrogen and oxygen atoms in total. The zero-order valence-electron chi connectivity index (χ0n) is 13.2. The highest BCUT2D eigenvalue weighted by Crippen LogP contribution is 2.17. The van der Waals surface area contributed by atoms with Crippen molar-refractivity contribution in [3.63, 3.8) is 0 Å². The Morgan fingerprint density at radius 3 is 2.68 bits per heavy atom. The van der Waals surface area contributed by atoms with Crippen molar-refractivity contribution in [2.75, 3.05) is 6.61 Å². The number of ether oxygens (including phenoxy) is 1. The van der Waals surface area contributed by atoms with Crippen LogP contribution in [0.5, 0.6) is 5.75 Å². The molecule has 0 aliphatic heterocycles. The summed E-state index contributed by atoms with van der Waals surface area (Å²) in [4.78, 5) is 22.6. The molecule has 1 aromatic heterocycles. The number of fused-ring (bicyclic) bond motifs is 1. The van der Waals surface area contributed by atoms with E-state index in [4.69, 9.17) is 4.74 Å². The van der Waals surface area contributed by atoms with Gasteiger partial charge in [0.2, 0.25) is 4.80 Å². The molecule has 25 heavy (non-hydrogen) atoms. The van der Waals surface area contributed by atoms with Crippen molar-refractivity contribution >= 4 is 33.1 Å². The van der Waals surface area contributed by atoms with Crippen molar-refractivity contribution in [1.82, 2.24) is 9.99 Å². The molecule has 0 spiro atoms.